The van der Waals surface area contributed by atoms with Crippen molar-refractivity contribution in [2.45, 2.75) is 6.54 Å². The van der Waals surface area contributed by atoms with E-state index in [0.29, 0.717) is 23.6 Å². The van der Waals surface area contributed by atoms with Gasteiger partial charge in [-0.1, -0.05) is 12.2 Å². The lowest BCUT2D eigenvalue weighted by molar-refractivity contribution is 0.112. The fraction of sp³-hybridized carbons (Fsp3) is 0.267. The number of carbonyl (C=O) groups excluding carboxylic acids is 1. The highest BCUT2D eigenvalue weighted by Gasteiger charge is 2.18. The number of hydrogen-bond donors (Lipinski definition) is 0. The van der Waals surface area contributed by atoms with Crippen molar-refractivity contribution in [1.82, 2.24) is 4.90 Å². The number of ether oxygens (including phenoxy) is 2. The zero-order chi connectivity index (χ0) is 13.7. The largest absolute Gasteiger partial charge is 0.454 e. The van der Waals surface area contributed by atoms with E-state index in [-0.39, 0.29) is 6.79 Å². The Balaban J connectivity index is 2.24. The first kappa shape index (κ1) is 13.4. The smallest absolute Gasteiger partial charge is 0.231 e. The maximum absolute atomic E-state index is 11.2. The highest BCUT2D eigenvalue weighted by atomic mass is 16.7. The zero-order valence-corrected chi connectivity index (χ0v) is 10.8. The van der Waals surface area contributed by atoms with Crippen molar-refractivity contribution < 1.29 is 14.3 Å². The van der Waals surface area contributed by atoms with Crippen molar-refractivity contribution >= 4 is 6.29 Å². The van der Waals surface area contributed by atoms with Gasteiger partial charge in [0.05, 0.1) is 0 Å². The van der Waals surface area contributed by atoms with E-state index in [1.807, 2.05) is 18.2 Å². The fourth-order valence-electron chi connectivity index (χ4n) is 2.06. The van der Waals surface area contributed by atoms with Crippen LogP contribution in [0.5, 0.6) is 11.5 Å². The van der Waals surface area contributed by atoms with Crippen LogP contribution in [0, 0.1) is 0 Å². The number of aldehydes is 1. The lowest BCUT2D eigenvalue weighted by Gasteiger charge is -2.19. The normalized spacial score (nSPS) is 12.5. The number of carbonyl (C=O) groups is 1. The molecule has 1 aliphatic heterocycles. The van der Waals surface area contributed by atoms with Crippen molar-refractivity contribution in [3.8, 4) is 11.5 Å². The number of nitrogens with zero attached hydrogens (tertiary/aromatic N) is 1. The molecule has 1 heterocycles. The predicted octanol–water partition coefficient (Wildman–Crippen LogP) is 2.40. The lowest BCUT2D eigenvalue weighted by Crippen LogP contribution is -2.23. The summed E-state index contributed by atoms with van der Waals surface area (Å²) >= 11 is 0. The first-order chi connectivity index (χ1) is 9.28. The van der Waals surface area contributed by atoms with Gasteiger partial charge >= 0.3 is 0 Å². The van der Waals surface area contributed by atoms with E-state index in [4.69, 9.17) is 9.47 Å². The van der Waals surface area contributed by atoms with Crippen molar-refractivity contribution in [3.05, 3.63) is 48.6 Å². The first-order valence-corrected chi connectivity index (χ1v) is 6.10. The predicted molar refractivity (Wildman–Crippen MR) is 73.6 cm³/mol. The van der Waals surface area contributed by atoms with Crippen molar-refractivity contribution in [2.24, 2.45) is 0 Å². The fourth-order valence-corrected chi connectivity index (χ4v) is 2.06. The Labute approximate surface area is 112 Å². The molecule has 0 fully saturated rings. The molecule has 4 nitrogen and oxygen atoms in total. The van der Waals surface area contributed by atoms with Crippen LogP contribution in [0.15, 0.2) is 37.4 Å². The summed E-state index contributed by atoms with van der Waals surface area (Å²) < 4.78 is 10.6. The highest BCUT2D eigenvalue weighted by Crippen LogP contribution is 2.34. The molecular formula is C15H17NO3. The molecule has 0 saturated carbocycles. The second kappa shape index (κ2) is 6.20. The maximum Gasteiger partial charge on any atom is 0.231 e. The standard InChI is InChI=1S/C15H17NO3/c1-3-5-16(6-4-2)9-12-7-14-15(19-11-18-14)8-13(12)10-17/h3-4,7-8,10H,1-2,5-6,9,11H2. The van der Waals surface area contributed by atoms with Gasteiger partial charge in [0.1, 0.15) is 0 Å². The van der Waals surface area contributed by atoms with Gasteiger partial charge in [0.2, 0.25) is 6.79 Å². The Hall–Kier alpha value is -2.07. The minimum atomic E-state index is 0.208. The van der Waals surface area contributed by atoms with Gasteiger partial charge in [-0.3, -0.25) is 9.69 Å². The van der Waals surface area contributed by atoms with E-state index in [1.54, 1.807) is 6.07 Å². The first-order valence-electron chi connectivity index (χ1n) is 6.10. The zero-order valence-electron chi connectivity index (χ0n) is 10.8. The molecule has 100 valence electrons. The quantitative estimate of drug-likeness (QED) is 0.557. The molecule has 19 heavy (non-hydrogen) atoms. The molecule has 1 aromatic carbocycles. The number of benzene rings is 1. The maximum atomic E-state index is 11.2. The molecule has 0 atom stereocenters. The summed E-state index contributed by atoms with van der Waals surface area (Å²) in [5.41, 5.74) is 1.55. The lowest BCUT2D eigenvalue weighted by atomic mass is 10.1. The van der Waals surface area contributed by atoms with Crippen LogP contribution in [0.1, 0.15) is 15.9 Å². The minimum Gasteiger partial charge on any atom is -0.454 e. The summed E-state index contributed by atoms with van der Waals surface area (Å²) in [5.74, 6) is 1.32. The Morgan fingerprint density at radius 3 is 2.37 bits per heavy atom. The van der Waals surface area contributed by atoms with Crippen LogP contribution >= 0.6 is 0 Å². The molecule has 1 aromatic rings. The molecule has 0 spiro atoms. The molecular weight excluding hydrogens is 242 g/mol. The molecule has 0 radical (unpaired) electrons. The van der Waals surface area contributed by atoms with Gasteiger partial charge in [0, 0.05) is 25.2 Å². The summed E-state index contributed by atoms with van der Waals surface area (Å²) in [6, 6.07) is 3.59. The van der Waals surface area contributed by atoms with Crippen molar-refractivity contribution in [3.63, 3.8) is 0 Å². The summed E-state index contributed by atoms with van der Waals surface area (Å²) in [6.45, 7) is 9.79. The third-order valence-corrected chi connectivity index (χ3v) is 2.93. The second-order valence-corrected chi connectivity index (χ2v) is 4.29. The Kier molecular flexibility index (Phi) is 4.36. The topological polar surface area (TPSA) is 38.8 Å². The van der Waals surface area contributed by atoms with Gasteiger partial charge in [-0.2, -0.15) is 0 Å². The van der Waals surface area contributed by atoms with Crippen LogP contribution in [0.3, 0.4) is 0 Å². The molecule has 4 heteroatoms. The molecule has 0 amide bonds. The van der Waals surface area contributed by atoms with E-state index in [0.717, 1.165) is 24.9 Å². The molecule has 2 rings (SSSR count). The van der Waals surface area contributed by atoms with Crippen LogP contribution in [0.2, 0.25) is 0 Å². The van der Waals surface area contributed by atoms with Crippen LogP contribution in [0.25, 0.3) is 0 Å². The summed E-state index contributed by atoms with van der Waals surface area (Å²) in [5, 5.41) is 0. The van der Waals surface area contributed by atoms with Gasteiger partial charge < -0.3 is 9.47 Å². The second-order valence-electron chi connectivity index (χ2n) is 4.29. The average molecular weight is 259 g/mol. The highest BCUT2D eigenvalue weighted by molar-refractivity contribution is 5.79. The molecule has 0 N–H and O–H groups in total. The minimum absolute atomic E-state index is 0.208. The summed E-state index contributed by atoms with van der Waals surface area (Å²) in [6.07, 6.45) is 4.51. The summed E-state index contributed by atoms with van der Waals surface area (Å²) in [4.78, 5) is 13.3. The number of rotatable bonds is 7. The van der Waals surface area contributed by atoms with Crippen molar-refractivity contribution in [1.29, 1.82) is 0 Å². The SMILES string of the molecule is C=CCN(CC=C)Cc1cc2c(cc1C=O)OCO2. The van der Waals surface area contributed by atoms with Gasteiger partial charge in [0.15, 0.2) is 17.8 Å². The average Bonchev–Trinajstić information content (AvgIpc) is 2.85. The van der Waals surface area contributed by atoms with E-state index in [9.17, 15) is 4.79 Å². The van der Waals surface area contributed by atoms with E-state index in [1.165, 1.54) is 0 Å². The van der Waals surface area contributed by atoms with Gasteiger partial charge in [-0.15, -0.1) is 13.2 Å². The Bertz CT molecular complexity index is 486. The number of hydrogen-bond acceptors (Lipinski definition) is 4. The molecule has 0 aromatic heterocycles. The van der Waals surface area contributed by atoms with E-state index >= 15 is 0 Å². The van der Waals surface area contributed by atoms with Gasteiger partial charge in [0.25, 0.3) is 0 Å². The Morgan fingerprint density at radius 2 is 1.79 bits per heavy atom. The van der Waals surface area contributed by atoms with Gasteiger partial charge in [-0.05, 0) is 17.7 Å². The molecule has 0 saturated heterocycles. The van der Waals surface area contributed by atoms with E-state index in [2.05, 4.69) is 18.1 Å². The van der Waals surface area contributed by atoms with Crippen molar-refractivity contribution in [2.75, 3.05) is 19.9 Å². The molecule has 0 bridgehead atoms. The van der Waals surface area contributed by atoms with E-state index < -0.39 is 0 Å². The van der Waals surface area contributed by atoms with Gasteiger partial charge in [-0.25, -0.2) is 0 Å². The monoisotopic (exact) mass is 259 g/mol. The summed E-state index contributed by atoms with van der Waals surface area (Å²) in [7, 11) is 0. The van der Waals surface area contributed by atoms with Crippen LogP contribution in [-0.2, 0) is 6.54 Å². The van der Waals surface area contributed by atoms with Crippen LogP contribution in [-0.4, -0.2) is 31.1 Å². The third-order valence-electron chi connectivity index (χ3n) is 2.93. The third kappa shape index (κ3) is 3.03. The number of fused-ring (bicyclic) bond motifs is 1. The van der Waals surface area contributed by atoms with Crippen LogP contribution < -0.4 is 9.47 Å². The van der Waals surface area contributed by atoms with Crippen LogP contribution in [0.4, 0.5) is 0 Å². The Morgan fingerprint density at radius 1 is 1.16 bits per heavy atom. The molecule has 0 aliphatic carbocycles. The molecule has 1 aliphatic rings. The molecule has 0 unspecified atom stereocenters.